The molecule has 1 aliphatic heterocycles. The summed E-state index contributed by atoms with van der Waals surface area (Å²) in [4.78, 5) is 58.4. The van der Waals surface area contributed by atoms with Crippen LogP contribution >= 0.6 is 0 Å². The predicted octanol–water partition coefficient (Wildman–Crippen LogP) is 2.74. The summed E-state index contributed by atoms with van der Waals surface area (Å²) >= 11 is 0. The van der Waals surface area contributed by atoms with Crippen LogP contribution in [0.2, 0.25) is 0 Å². The van der Waals surface area contributed by atoms with Crippen LogP contribution in [0.25, 0.3) is 0 Å². The SMILES string of the molecule is CC(=O)OC[C@H]1OC(Oc2nc(N(C)C)nc(C(C)c3c(F)cccc3F)c2C)[C@H](OC(C)=O)[C@@H](OC(C)=O)[C@@H]1OC(C)=O. The minimum Gasteiger partial charge on any atom is -0.463 e. The molecule has 0 amide bonds. The molecule has 0 N–H and O–H groups in total. The molecule has 1 aromatic carbocycles. The molecule has 1 aromatic heterocycles. The molecule has 13 nitrogen and oxygen atoms in total. The molecule has 2 heterocycles. The highest BCUT2D eigenvalue weighted by molar-refractivity contribution is 5.68. The molecule has 1 saturated heterocycles. The van der Waals surface area contributed by atoms with Gasteiger partial charge in [-0.2, -0.15) is 4.98 Å². The lowest BCUT2D eigenvalue weighted by Crippen LogP contribution is -2.63. The van der Waals surface area contributed by atoms with Crippen molar-refractivity contribution in [3.05, 3.63) is 46.7 Å². The summed E-state index contributed by atoms with van der Waals surface area (Å²) in [7, 11) is 3.28. The Hall–Kier alpha value is -4.40. The number of carbonyl (C=O) groups is 4. The second kappa shape index (κ2) is 14.4. The van der Waals surface area contributed by atoms with E-state index in [1.54, 1.807) is 27.9 Å². The summed E-state index contributed by atoms with van der Waals surface area (Å²) < 4.78 is 63.1. The Kier molecular flexibility index (Phi) is 11.1. The largest absolute Gasteiger partial charge is 0.463 e. The molecule has 3 rings (SSSR count). The van der Waals surface area contributed by atoms with Gasteiger partial charge in [-0.25, -0.2) is 13.8 Å². The Morgan fingerprint density at radius 2 is 1.43 bits per heavy atom. The summed E-state index contributed by atoms with van der Waals surface area (Å²) in [5, 5.41) is 0. The Balaban J connectivity index is 2.16. The van der Waals surface area contributed by atoms with Crippen LogP contribution in [0.5, 0.6) is 5.88 Å². The molecule has 1 fully saturated rings. The van der Waals surface area contributed by atoms with Crippen LogP contribution in [0.4, 0.5) is 14.7 Å². The molecular weight excluding hydrogens is 588 g/mol. The first-order valence-corrected chi connectivity index (χ1v) is 13.6. The average Bonchev–Trinajstić information content (AvgIpc) is 2.90. The zero-order valence-corrected chi connectivity index (χ0v) is 25.6. The van der Waals surface area contributed by atoms with Crippen LogP contribution in [-0.2, 0) is 42.9 Å². The van der Waals surface area contributed by atoms with Crippen molar-refractivity contribution in [3.8, 4) is 5.88 Å². The number of halogens is 2. The first kappa shape index (κ1) is 34.1. The molecule has 2 unspecified atom stereocenters. The maximum Gasteiger partial charge on any atom is 0.303 e. The molecule has 44 heavy (non-hydrogen) atoms. The van der Waals surface area contributed by atoms with Gasteiger partial charge in [0.2, 0.25) is 24.2 Å². The van der Waals surface area contributed by atoms with E-state index in [1.165, 1.54) is 11.0 Å². The van der Waals surface area contributed by atoms with Gasteiger partial charge in [0, 0.05) is 58.8 Å². The molecule has 6 atom stereocenters. The van der Waals surface area contributed by atoms with E-state index in [9.17, 15) is 28.0 Å². The van der Waals surface area contributed by atoms with E-state index >= 15 is 0 Å². The van der Waals surface area contributed by atoms with E-state index < -0.39 is 78.7 Å². The Bertz CT molecular complexity index is 1390. The fourth-order valence-electron chi connectivity index (χ4n) is 4.69. The molecule has 0 saturated carbocycles. The minimum atomic E-state index is -1.58. The Morgan fingerprint density at radius 3 is 1.95 bits per heavy atom. The molecule has 2 aromatic rings. The molecule has 0 aliphatic carbocycles. The van der Waals surface area contributed by atoms with Crippen molar-refractivity contribution in [2.24, 2.45) is 0 Å². The third-order valence-electron chi connectivity index (χ3n) is 6.55. The third-order valence-corrected chi connectivity index (χ3v) is 6.55. The van der Waals surface area contributed by atoms with Gasteiger partial charge in [-0.15, -0.1) is 0 Å². The molecule has 0 radical (unpaired) electrons. The first-order chi connectivity index (χ1) is 20.6. The van der Waals surface area contributed by atoms with Gasteiger partial charge in [-0.1, -0.05) is 13.0 Å². The molecule has 0 spiro atoms. The van der Waals surface area contributed by atoms with Crippen LogP contribution in [0, 0.1) is 18.6 Å². The van der Waals surface area contributed by atoms with Crippen LogP contribution in [-0.4, -0.2) is 85.3 Å². The van der Waals surface area contributed by atoms with Gasteiger partial charge in [-0.3, -0.25) is 19.2 Å². The van der Waals surface area contributed by atoms with Gasteiger partial charge in [0.25, 0.3) is 0 Å². The number of carbonyl (C=O) groups excluding carboxylic acids is 4. The number of anilines is 1. The second-order valence-electron chi connectivity index (χ2n) is 10.3. The summed E-state index contributed by atoms with van der Waals surface area (Å²) in [6.45, 7) is 7.10. The fourth-order valence-corrected chi connectivity index (χ4v) is 4.69. The highest BCUT2D eigenvalue weighted by atomic mass is 19.1. The number of ether oxygens (including phenoxy) is 6. The number of esters is 4. The summed E-state index contributed by atoms with van der Waals surface area (Å²) in [6.07, 6.45) is -7.21. The van der Waals surface area contributed by atoms with Crippen molar-refractivity contribution < 1.29 is 56.4 Å². The maximum absolute atomic E-state index is 14.8. The highest BCUT2D eigenvalue weighted by Crippen LogP contribution is 2.36. The van der Waals surface area contributed by atoms with Crippen molar-refractivity contribution in [1.82, 2.24) is 9.97 Å². The van der Waals surface area contributed by atoms with Gasteiger partial charge >= 0.3 is 23.9 Å². The number of rotatable bonds is 10. The van der Waals surface area contributed by atoms with E-state index in [0.717, 1.165) is 39.8 Å². The van der Waals surface area contributed by atoms with Gasteiger partial charge in [0.15, 0.2) is 12.2 Å². The summed E-state index contributed by atoms with van der Waals surface area (Å²) in [5.41, 5.74) is 0.254. The van der Waals surface area contributed by atoms with Gasteiger partial charge in [0.05, 0.1) is 5.69 Å². The quantitative estimate of drug-likeness (QED) is 0.282. The van der Waals surface area contributed by atoms with Crippen LogP contribution < -0.4 is 9.64 Å². The zero-order chi connectivity index (χ0) is 32.9. The Labute approximate surface area is 252 Å². The lowest BCUT2D eigenvalue weighted by Gasteiger charge is -2.43. The average molecular weight is 624 g/mol. The molecular formula is C29H35F2N3O10. The van der Waals surface area contributed by atoms with Crippen LogP contribution in [0.1, 0.15) is 57.4 Å². The van der Waals surface area contributed by atoms with Crippen LogP contribution in [0.15, 0.2) is 18.2 Å². The number of benzene rings is 1. The number of hydrogen-bond donors (Lipinski definition) is 0. The molecule has 0 bridgehead atoms. The molecule has 240 valence electrons. The zero-order valence-electron chi connectivity index (χ0n) is 25.6. The minimum absolute atomic E-state index is 0.106. The van der Waals surface area contributed by atoms with Crippen molar-refractivity contribution in [2.45, 2.75) is 78.2 Å². The van der Waals surface area contributed by atoms with E-state index in [4.69, 9.17) is 28.4 Å². The van der Waals surface area contributed by atoms with Crippen molar-refractivity contribution in [2.75, 3.05) is 25.6 Å². The van der Waals surface area contributed by atoms with Gasteiger partial charge in [0.1, 0.15) is 24.3 Å². The fraction of sp³-hybridized carbons (Fsp3) is 0.517. The van der Waals surface area contributed by atoms with Gasteiger partial charge < -0.3 is 33.3 Å². The van der Waals surface area contributed by atoms with Crippen LogP contribution in [0.3, 0.4) is 0 Å². The maximum atomic E-state index is 14.8. The summed E-state index contributed by atoms with van der Waals surface area (Å²) in [5.74, 6) is -5.57. The van der Waals surface area contributed by atoms with Crippen molar-refractivity contribution in [1.29, 1.82) is 0 Å². The normalized spacial score (nSPS) is 21.9. The highest BCUT2D eigenvalue weighted by Gasteiger charge is 2.53. The van der Waals surface area contributed by atoms with Crippen molar-refractivity contribution >= 4 is 29.8 Å². The van der Waals surface area contributed by atoms with E-state index in [1.807, 2.05) is 0 Å². The van der Waals surface area contributed by atoms with E-state index in [0.29, 0.717) is 0 Å². The topological polar surface area (TPSA) is 153 Å². The molecule has 15 heteroatoms. The second-order valence-corrected chi connectivity index (χ2v) is 10.3. The molecule has 1 aliphatic rings. The van der Waals surface area contributed by atoms with E-state index in [2.05, 4.69) is 9.97 Å². The lowest BCUT2D eigenvalue weighted by molar-refractivity contribution is -0.289. The lowest BCUT2D eigenvalue weighted by atomic mass is 9.94. The number of nitrogens with zero attached hydrogens (tertiary/aromatic N) is 3. The smallest absolute Gasteiger partial charge is 0.303 e. The Morgan fingerprint density at radius 1 is 0.886 bits per heavy atom. The van der Waals surface area contributed by atoms with Crippen molar-refractivity contribution in [3.63, 3.8) is 0 Å². The monoisotopic (exact) mass is 623 g/mol. The number of hydrogen-bond acceptors (Lipinski definition) is 13. The number of aromatic nitrogens is 2. The third kappa shape index (κ3) is 8.15. The van der Waals surface area contributed by atoms with E-state index in [-0.39, 0.29) is 28.6 Å². The predicted molar refractivity (Wildman–Crippen MR) is 148 cm³/mol. The van der Waals surface area contributed by atoms with Gasteiger partial charge in [-0.05, 0) is 19.1 Å². The first-order valence-electron chi connectivity index (χ1n) is 13.6. The summed E-state index contributed by atoms with van der Waals surface area (Å²) in [6, 6.07) is 3.51. The standard InChI is InChI=1S/C29H35F2N3O10/c1-13(22-19(30)10-9-11-20(22)31)23-14(2)27(33-29(32-23)34(7)8)44-28-26(42-18(6)38)25(41-17(5)37)24(40-16(4)36)21(43-28)12-39-15(3)35/h9-11,13,21,24-26,28H,12H2,1-8H3/t13?,21-,24-,25+,26-,28?/m1/s1.